The van der Waals surface area contributed by atoms with Crippen LogP contribution in [-0.2, 0) is 4.79 Å². The van der Waals surface area contributed by atoms with E-state index in [1.807, 2.05) is 24.3 Å². The molecule has 37 heavy (non-hydrogen) atoms. The van der Waals surface area contributed by atoms with E-state index in [0.29, 0.717) is 37.5 Å². The number of piperazine rings is 1. The molecule has 8 heteroatoms. The van der Waals surface area contributed by atoms with E-state index in [1.54, 1.807) is 60.7 Å². The zero-order valence-corrected chi connectivity index (χ0v) is 20.4. The molecule has 1 aliphatic heterocycles. The number of fused-ring (bicyclic) bond motifs is 1. The van der Waals surface area contributed by atoms with Gasteiger partial charge in [-0.3, -0.25) is 9.59 Å². The molecule has 2 heterocycles. The molecular formula is C29H27FN4O3. The number of aromatic nitrogens is 1. The van der Waals surface area contributed by atoms with E-state index in [1.165, 1.54) is 12.1 Å². The van der Waals surface area contributed by atoms with Crippen LogP contribution < -0.4 is 15.0 Å². The monoisotopic (exact) mass is 498 g/mol. The highest BCUT2D eigenvalue weighted by Crippen LogP contribution is 2.26. The van der Waals surface area contributed by atoms with Gasteiger partial charge in [0.25, 0.3) is 11.8 Å². The molecule has 3 aromatic carbocycles. The van der Waals surface area contributed by atoms with E-state index in [9.17, 15) is 14.0 Å². The smallest absolute Gasteiger partial charge is 0.270 e. The third-order valence-corrected chi connectivity index (χ3v) is 6.49. The zero-order valence-electron chi connectivity index (χ0n) is 20.4. The summed E-state index contributed by atoms with van der Waals surface area (Å²) < 4.78 is 18.7. The Morgan fingerprint density at radius 3 is 2.41 bits per heavy atom. The fourth-order valence-corrected chi connectivity index (χ4v) is 4.45. The lowest BCUT2D eigenvalue weighted by Gasteiger charge is -2.36. The fraction of sp³-hybridized carbons (Fsp3) is 0.172. The van der Waals surface area contributed by atoms with Crippen molar-refractivity contribution in [2.75, 3.05) is 38.2 Å². The maximum atomic E-state index is 13.7. The Kier molecular flexibility index (Phi) is 6.89. The van der Waals surface area contributed by atoms with E-state index < -0.39 is 0 Å². The predicted octanol–water partition coefficient (Wildman–Crippen LogP) is 4.44. The minimum absolute atomic E-state index is 0.188. The number of nitrogens with one attached hydrogen (secondary N) is 2. The van der Waals surface area contributed by atoms with Gasteiger partial charge in [-0.1, -0.05) is 18.2 Å². The van der Waals surface area contributed by atoms with Crippen LogP contribution in [-0.4, -0.2) is 55.0 Å². The molecule has 0 aliphatic carbocycles. The summed E-state index contributed by atoms with van der Waals surface area (Å²) in [5, 5.41) is 3.72. The Morgan fingerprint density at radius 2 is 1.70 bits per heavy atom. The minimum atomic E-state index is -0.359. The third-order valence-electron chi connectivity index (χ3n) is 6.49. The number of hydrogen-bond acceptors (Lipinski definition) is 4. The number of amides is 2. The molecule has 2 amide bonds. The zero-order chi connectivity index (χ0) is 25.8. The molecule has 0 spiro atoms. The average Bonchev–Trinajstić information content (AvgIpc) is 3.35. The summed E-state index contributed by atoms with van der Waals surface area (Å²) in [5.74, 6) is -0.209. The number of anilines is 1. The van der Waals surface area contributed by atoms with Gasteiger partial charge in [0.1, 0.15) is 17.3 Å². The lowest BCUT2D eigenvalue weighted by Crippen LogP contribution is -2.50. The number of halogens is 1. The van der Waals surface area contributed by atoms with Crippen molar-refractivity contribution in [1.82, 2.24) is 15.2 Å². The normalized spacial score (nSPS) is 14.1. The maximum Gasteiger partial charge on any atom is 0.270 e. The van der Waals surface area contributed by atoms with Crippen molar-refractivity contribution in [3.05, 3.63) is 102 Å². The first-order chi connectivity index (χ1) is 18.0. The lowest BCUT2D eigenvalue weighted by atomic mass is 10.1. The molecule has 0 radical (unpaired) electrons. The first-order valence-electron chi connectivity index (χ1n) is 12.0. The van der Waals surface area contributed by atoms with Crippen molar-refractivity contribution >= 4 is 34.5 Å². The molecule has 2 N–H and O–H groups in total. The van der Waals surface area contributed by atoms with Crippen LogP contribution in [0.3, 0.4) is 0 Å². The van der Waals surface area contributed by atoms with E-state index in [4.69, 9.17) is 4.74 Å². The molecule has 1 fully saturated rings. The van der Waals surface area contributed by atoms with Gasteiger partial charge >= 0.3 is 0 Å². The molecule has 1 aliphatic rings. The number of carbonyl (C=O) groups excluding carboxylic acids is 2. The molecule has 188 valence electrons. The van der Waals surface area contributed by atoms with Gasteiger partial charge in [0.15, 0.2) is 0 Å². The average molecular weight is 499 g/mol. The summed E-state index contributed by atoms with van der Waals surface area (Å²) in [5.41, 5.74) is 3.21. The van der Waals surface area contributed by atoms with Gasteiger partial charge in [0.2, 0.25) is 0 Å². The van der Waals surface area contributed by atoms with Gasteiger partial charge in [-0.05, 0) is 60.7 Å². The quantitative estimate of drug-likeness (QED) is 0.386. The number of rotatable bonds is 6. The van der Waals surface area contributed by atoms with Crippen LogP contribution in [0.1, 0.15) is 15.9 Å². The van der Waals surface area contributed by atoms with Crippen molar-refractivity contribution in [2.24, 2.45) is 0 Å². The van der Waals surface area contributed by atoms with Gasteiger partial charge in [-0.25, -0.2) is 4.39 Å². The molecule has 0 saturated carbocycles. The van der Waals surface area contributed by atoms with Crippen molar-refractivity contribution in [3.8, 4) is 5.75 Å². The van der Waals surface area contributed by atoms with Crippen LogP contribution in [0.15, 0.2) is 84.7 Å². The second kappa shape index (κ2) is 10.6. The largest absolute Gasteiger partial charge is 0.497 e. The van der Waals surface area contributed by atoms with Gasteiger partial charge in [0, 0.05) is 60.1 Å². The molecule has 5 rings (SSSR count). The van der Waals surface area contributed by atoms with Crippen LogP contribution >= 0.6 is 0 Å². The molecule has 0 bridgehead atoms. The summed E-state index contributed by atoms with van der Waals surface area (Å²) in [4.78, 5) is 33.7. The molecule has 7 nitrogen and oxygen atoms in total. The van der Waals surface area contributed by atoms with Crippen molar-refractivity contribution in [1.29, 1.82) is 0 Å². The predicted molar refractivity (Wildman–Crippen MR) is 142 cm³/mol. The molecule has 4 aromatic rings. The molecule has 1 aromatic heterocycles. The van der Waals surface area contributed by atoms with E-state index in [0.717, 1.165) is 22.2 Å². The standard InChI is InChI=1S/C29H27FN4O3/c1-37-24-11-12-26-25(18-24)21(19-31-26)17-27(32-28(35)20-5-3-2-4-6-20)29(36)34-15-13-33(14-16-34)23-9-7-22(30)8-10-23/h2-12,17-19,31H,13-16H2,1H3,(H,32,35)/b27-17+. The first-order valence-corrected chi connectivity index (χ1v) is 12.0. The third kappa shape index (κ3) is 5.33. The van der Waals surface area contributed by atoms with Gasteiger partial charge in [-0.15, -0.1) is 0 Å². The van der Waals surface area contributed by atoms with Crippen LogP contribution in [0.5, 0.6) is 5.75 Å². The molecular weight excluding hydrogens is 471 g/mol. The van der Waals surface area contributed by atoms with E-state index in [-0.39, 0.29) is 23.3 Å². The van der Waals surface area contributed by atoms with Crippen molar-refractivity contribution in [2.45, 2.75) is 0 Å². The van der Waals surface area contributed by atoms with Crippen LogP contribution in [0.4, 0.5) is 10.1 Å². The van der Waals surface area contributed by atoms with Gasteiger partial charge in [0.05, 0.1) is 7.11 Å². The number of nitrogens with zero attached hydrogens (tertiary/aromatic N) is 2. The number of H-pyrrole nitrogens is 1. The highest BCUT2D eigenvalue weighted by Gasteiger charge is 2.25. The highest BCUT2D eigenvalue weighted by atomic mass is 19.1. The second-order valence-corrected chi connectivity index (χ2v) is 8.79. The van der Waals surface area contributed by atoms with Crippen LogP contribution in [0, 0.1) is 5.82 Å². The Labute approximate surface area is 214 Å². The fourth-order valence-electron chi connectivity index (χ4n) is 4.45. The Balaban J connectivity index is 1.41. The van der Waals surface area contributed by atoms with E-state index in [2.05, 4.69) is 15.2 Å². The van der Waals surface area contributed by atoms with Crippen molar-refractivity contribution < 1.29 is 18.7 Å². The number of hydrogen-bond donors (Lipinski definition) is 2. The molecule has 1 saturated heterocycles. The summed E-state index contributed by atoms with van der Waals surface area (Å²) in [6.07, 6.45) is 3.51. The number of aromatic amines is 1. The van der Waals surface area contributed by atoms with Crippen LogP contribution in [0.2, 0.25) is 0 Å². The highest BCUT2D eigenvalue weighted by molar-refractivity contribution is 6.06. The first kappa shape index (κ1) is 24.1. The number of benzene rings is 3. The second-order valence-electron chi connectivity index (χ2n) is 8.79. The Morgan fingerprint density at radius 1 is 0.973 bits per heavy atom. The SMILES string of the molecule is COc1ccc2[nH]cc(/C=C(/NC(=O)c3ccccc3)C(=O)N3CCN(c4ccc(F)cc4)CC3)c2c1. The van der Waals surface area contributed by atoms with Gasteiger partial charge < -0.3 is 24.8 Å². The van der Waals surface area contributed by atoms with E-state index >= 15 is 0 Å². The minimum Gasteiger partial charge on any atom is -0.497 e. The maximum absolute atomic E-state index is 13.7. The van der Waals surface area contributed by atoms with Crippen LogP contribution in [0.25, 0.3) is 17.0 Å². The summed E-state index contributed by atoms with van der Waals surface area (Å²) in [7, 11) is 1.60. The number of ether oxygens (including phenoxy) is 1. The van der Waals surface area contributed by atoms with Gasteiger partial charge in [-0.2, -0.15) is 0 Å². The Hall–Kier alpha value is -4.59. The number of methoxy groups -OCH3 is 1. The number of carbonyl (C=O) groups is 2. The summed E-state index contributed by atoms with van der Waals surface area (Å²) in [6.45, 7) is 2.13. The van der Waals surface area contributed by atoms with Crippen molar-refractivity contribution in [3.63, 3.8) is 0 Å². The summed E-state index contributed by atoms with van der Waals surface area (Å²) >= 11 is 0. The lowest BCUT2D eigenvalue weighted by molar-refractivity contribution is -0.127. The molecule has 0 atom stereocenters. The Bertz CT molecular complexity index is 1440. The summed E-state index contributed by atoms with van der Waals surface area (Å²) in [6, 6.07) is 20.8. The topological polar surface area (TPSA) is 77.7 Å². The molecule has 0 unspecified atom stereocenters.